The van der Waals surface area contributed by atoms with Crippen molar-refractivity contribution in [1.29, 1.82) is 0 Å². The lowest BCUT2D eigenvalue weighted by atomic mass is 10.2. The van der Waals surface area contributed by atoms with Crippen molar-refractivity contribution in [3.63, 3.8) is 0 Å². The molecule has 1 aromatic rings. The molecule has 1 atom stereocenters. The van der Waals surface area contributed by atoms with Crippen molar-refractivity contribution >= 4 is 17.9 Å². The quantitative estimate of drug-likeness (QED) is 0.671. The molecule has 1 rings (SSSR count). The van der Waals surface area contributed by atoms with E-state index in [0.717, 1.165) is 5.56 Å². The highest BCUT2D eigenvalue weighted by molar-refractivity contribution is 5.90. The highest BCUT2D eigenvalue weighted by Gasteiger charge is 2.22. The zero-order chi connectivity index (χ0) is 15.7. The van der Waals surface area contributed by atoms with Gasteiger partial charge in [-0.05, 0) is 12.5 Å². The molecule has 1 unspecified atom stereocenters. The van der Waals surface area contributed by atoms with Crippen LogP contribution in [0.1, 0.15) is 18.9 Å². The van der Waals surface area contributed by atoms with E-state index in [9.17, 15) is 14.4 Å². The average molecular weight is 293 g/mol. The van der Waals surface area contributed by atoms with Crippen LogP contribution in [0, 0.1) is 0 Å². The fourth-order valence-corrected chi connectivity index (χ4v) is 1.61. The molecular formula is C14H19N3O4. The third kappa shape index (κ3) is 6.42. The number of amides is 3. The Morgan fingerprint density at radius 3 is 2.48 bits per heavy atom. The summed E-state index contributed by atoms with van der Waals surface area (Å²) in [5, 5.41) is 4.84. The summed E-state index contributed by atoms with van der Waals surface area (Å²) in [4.78, 5) is 34.3. The van der Waals surface area contributed by atoms with Gasteiger partial charge in [-0.25, -0.2) is 4.79 Å². The van der Waals surface area contributed by atoms with Crippen LogP contribution in [0.4, 0.5) is 4.79 Å². The maximum atomic E-state index is 11.7. The Kier molecular flexibility index (Phi) is 6.73. The molecule has 3 amide bonds. The Morgan fingerprint density at radius 2 is 1.90 bits per heavy atom. The predicted octanol–water partition coefficient (Wildman–Crippen LogP) is 0.293. The molecule has 0 aromatic heterocycles. The number of likely N-dealkylation sites (N-methyl/N-ethyl adjacent to an activating group) is 1. The van der Waals surface area contributed by atoms with E-state index in [-0.39, 0.29) is 13.0 Å². The van der Waals surface area contributed by atoms with Gasteiger partial charge in [0.15, 0.2) is 0 Å². The summed E-state index contributed by atoms with van der Waals surface area (Å²) in [5.74, 6) is -1.16. The number of primary amides is 1. The number of rotatable bonds is 7. The molecule has 0 saturated heterocycles. The SMILES string of the molecule is CCNC(=O)C(CC(N)=O)NC(=O)OCc1ccccc1. The second-order valence-corrected chi connectivity index (χ2v) is 4.32. The fraction of sp³-hybridized carbons (Fsp3) is 0.357. The van der Waals surface area contributed by atoms with Gasteiger partial charge in [-0.1, -0.05) is 30.3 Å². The summed E-state index contributed by atoms with van der Waals surface area (Å²) >= 11 is 0. The van der Waals surface area contributed by atoms with Crippen molar-refractivity contribution in [2.45, 2.75) is 26.0 Å². The lowest BCUT2D eigenvalue weighted by molar-refractivity contribution is -0.127. The van der Waals surface area contributed by atoms with E-state index in [4.69, 9.17) is 10.5 Å². The minimum absolute atomic E-state index is 0.0748. The monoisotopic (exact) mass is 293 g/mol. The maximum absolute atomic E-state index is 11.7. The van der Waals surface area contributed by atoms with E-state index < -0.39 is 23.9 Å². The van der Waals surface area contributed by atoms with Crippen molar-refractivity contribution < 1.29 is 19.1 Å². The molecular weight excluding hydrogens is 274 g/mol. The zero-order valence-electron chi connectivity index (χ0n) is 11.8. The Balaban J connectivity index is 2.51. The molecule has 0 heterocycles. The number of alkyl carbamates (subject to hydrolysis) is 1. The maximum Gasteiger partial charge on any atom is 0.408 e. The Morgan fingerprint density at radius 1 is 1.24 bits per heavy atom. The number of ether oxygens (including phenoxy) is 1. The summed E-state index contributed by atoms with van der Waals surface area (Å²) in [6, 6.07) is 8.06. The average Bonchev–Trinajstić information content (AvgIpc) is 2.45. The molecule has 1 aromatic carbocycles. The van der Waals surface area contributed by atoms with Crippen LogP contribution in [0.15, 0.2) is 30.3 Å². The standard InChI is InChI=1S/C14H19N3O4/c1-2-16-13(19)11(8-12(15)18)17-14(20)21-9-10-6-4-3-5-7-10/h3-7,11H,2,8-9H2,1H3,(H2,15,18)(H,16,19)(H,17,20). The Labute approximate surface area is 122 Å². The van der Waals surface area contributed by atoms with Crippen LogP contribution < -0.4 is 16.4 Å². The second kappa shape index (κ2) is 8.57. The molecule has 0 saturated carbocycles. The van der Waals surface area contributed by atoms with Gasteiger partial charge >= 0.3 is 6.09 Å². The van der Waals surface area contributed by atoms with Crippen molar-refractivity contribution in [2.24, 2.45) is 5.73 Å². The van der Waals surface area contributed by atoms with Gasteiger partial charge in [0.1, 0.15) is 12.6 Å². The van der Waals surface area contributed by atoms with E-state index in [2.05, 4.69) is 10.6 Å². The number of benzene rings is 1. The second-order valence-electron chi connectivity index (χ2n) is 4.32. The van der Waals surface area contributed by atoms with Gasteiger partial charge in [0.05, 0.1) is 6.42 Å². The molecule has 0 aliphatic carbocycles. The molecule has 4 N–H and O–H groups in total. The van der Waals surface area contributed by atoms with Crippen LogP contribution in [0.3, 0.4) is 0 Å². The first-order valence-corrected chi connectivity index (χ1v) is 6.56. The predicted molar refractivity (Wildman–Crippen MR) is 76.0 cm³/mol. The smallest absolute Gasteiger partial charge is 0.408 e. The van der Waals surface area contributed by atoms with Crippen molar-refractivity contribution in [3.05, 3.63) is 35.9 Å². The normalized spacial score (nSPS) is 11.3. The molecule has 114 valence electrons. The van der Waals surface area contributed by atoms with Crippen LogP contribution >= 0.6 is 0 Å². The van der Waals surface area contributed by atoms with E-state index in [0.29, 0.717) is 6.54 Å². The third-order valence-electron chi connectivity index (χ3n) is 2.58. The van der Waals surface area contributed by atoms with Crippen LogP contribution in [-0.2, 0) is 20.9 Å². The molecule has 21 heavy (non-hydrogen) atoms. The van der Waals surface area contributed by atoms with Gasteiger partial charge in [-0.3, -0.25) is 9.59 Å². The fourth-order valence-electron chi connectivity index (χ4n) is 1.61. The molecule has 7 nitrogen and oxygen atoms in total. The topological polar surface area (TPSA) is 111 Å². The highest BCUT2D eigenvalue weighted by Crippen LogP contribution is 2.01. The Hall–Kier alpha value is -2.57. The van der Waals surface area contributed by atoms with Gasteiger partial charge in [0.25, 0.3) is 0 Å². The number of hydrogen-bond donors (Lipinski definition) is 3. The number of nitrogens with one attached hydrogen (secondary N) is 2. The summed E-state index contributed by atoms with van der Waals surface area (Å²) in [6.07, 6.45) is -1.07. The zero-order valence-corrected chi connectivity index (χ0v) is 11.8. The lowest BCUT2D eigenvalue weighted by Gasteiger charge is -2.16. The van der Waals surface area contributed by atoms with E-state index in [1.807, 2.05) is 18.2 Å². The van der Waals surface area contributed by atoms with Crippen molar-refractivity contribution in [1.82, 2.24) is 10.6 Å². The lowest BCUT2D eigenvalue weighted by Crippen LogP contribution is -2.48. The van der Waals surface area contributed by atoms with Crippen LogP contribution in [0.5, 0.6) is 0 Å². The number of carbonyl (C=O) groups excluding carboxylic acids is 3. The number of carbonyl (C=O) groups is 3. The van der Waals surface area contributed by atoms with Crippen LogP contribution in [0.2, 0.25) is 0 Å². The number of nitrogens with two attached hydrogens (primary N) is 1. The molecule has 7 heteroatoms. The molecule has 0 bridgehead atoms. The molecule has 0 aliphatic rings. The molecule has 0 spiro atoms. The van der Waals surface area contributed by atoms with Crippen LogP contribution in [-0.4, -0.2) is 30.5 Å². The van der Waals surface area contributed by atoms with Crippen molar-refractivity contribution in [2.75, 3.05) is 6.54 Å². The summed E-state index contributed by atoms with van der Waals surface area (Å²) < 4.78 is 4.99. The van der Waals surface area contributed by atoms with E-state index in [1.54, 1.807) is 19.1 Å². The summed E-state index contributed by atoms with van der Waals surface area (Å²) in [6.45, 7) is 2.19. The van der Waals surface area contributed by atoms with E-state index >= 15 is 0 Å². The van der Waals surface area contributed by atoms with Gasteiger partial charge < -0.3 is 21.1 Å². The van der Waals surface area contributed by atoms with Crippen molar-refractivity contribution in [3.8, 4) is 0 Å². The van der Waals surface area contributed by atoms with E-state index in [1.165, 1.54) is 0 Å². The minimum atomic E-state index is -1.04. The minimum Gasteiger partial charge on any atom is -0.445 e. The van der Waals surface area contributed by atoms with Gasteiger partial charge in [-0.15, -0.1) is 0 Å². The first-order chi connectivity index (χ1) is 10.0. The summed E-state index contributed by atoms with van der Waals surface area (Å²) in [7, 11) is 0. The molecule has 0 aliphatic heterocycles. The molecule has 0 fully saturated rings. The first kappa shape index (κ1) is 16.5. The first-order valence-electron chi connectivity index (χ1n) is 6.56. The van der Waals surface area contributed by atoms with Crippen LogP contribution in [0.25, 0.3) is 0 Å². The van der Waals surface area contributed by atoms with Gasteiger partial charge in [0, 0.05) is 6.54 Å². The third-order valence-corrected chi connectivity index (χ3v) is 2.58. The number of hydrogen-bond acceptors (Lipinski definition) is 4. The van der Waals surface area contributed by atoms with Gasteiger partial charge in [0.2, 0.25) is 11.8 Å². The Bertz CT molecular complexity index is 490. The largest absolute Gasteiger partial charge is 0.445 e. The van der Waals surface area contributed by atoms with Gasteiger partial charge in [-0.2, -0.15) is 0 Å². The summed E-state index contributed by atoms with van der Waals surface area (Å²) in [5.41, 5.74) is 5.87. The molecule has 0 radical (unpaired) electrons. The highest BCUT2D eigenvalue weighted by atomic mass is 16.5.